The summed E-state index contributed by atoms with van der Waals surface area (Å²) in [5, 5.41) is 4.33. The minimum atomic E-state index is -3.90. The summed E-state index contributed by atoms with van der Waals surface area (Å²) in [6.07, 6.45) is 1.11. The molecule has 2 N–H and O–H groups in total. The van der Waals surface area contributed by atoms with Crippen LogP contribution in [0, 0.1) is 0 Å². The van der Waals surface area contributed by atoms with Gasteiger partial charge in [0.2, 0.25) is 10.0 Å². The first-order valence-corrected chi connectivity index (χ1v) is 8.28. The molecule has 0 amide bonds. The Morgan fingerprint density at radius 1 is 1.18 bits per heavy atom. The fourth-order valence-electron chi connectivity index (χ4n) is 0.953. The smallest absolute Gasteiger partial charge is 0.210 e. The lowest BCUT2D eigenvalue weighted by atomic mass is 10.5. The van der Waals surface area contributed by atoms with Crippen LogP contribution in [0.25, 0.3) is 0 Å². The first-order chi connectivity index (χ1) is 7.62. The number of hydrogen-bond acceptors (Lipinski definition) is 5. The highest BCUT2D eigenvalue weighted by molar-refractivity contribution is 7.94. The Kier molecular flexibility index (Phi) is 4.37. The highest BCUT2D eigenvalue weighted by atomic mass is 35.5. The second-order valence-electron chi connectivity index (χ2n) is 3.13. The summed E-state index contributed by atoms with van der Waals surface area (Å²) < 4.78 is 44.8. The Balaban J connectivity index is 3.06. The normalized spacial score (nSPS) is 12.6. The van der Waals surface area contributed by atoms with Crippen LogP contribution in [-0.4, -0.2) is 33.3 Å². The second-order valence-corrected chi connectivity index (χ2v) is 7.73. The Labute approximate surface area is 109 Å². The quantitative estimate of drug-likeness (QED) is 0.867. The molecule has 10 heteroatoms. The first kappa shape index (κ1) is 14.7. The number of rotatable bonds is 4. The zero-order valence-electron chi connectivity index (χ0n) is 8.30. The van der Waals surface area contributed by atoms with E-state index in [9.17, 15) is 16.8 Å². The predicted octanol–water partition coefficient (Wildman–Crippen LogP) is 0.451. The van der Waals surface area contributed by atoms with E-state index in [1.807, 2.05) is 0 Å². The van der Waals surface area contributed by atoms with Crippen LogP contribution < -0.4 is 5.14 Å². The van der Waals surface area contributed by atoms with Crippen LogP contribution in [0.4, 0.5) is 0 Å². The third-order valence-corrected chi connectivity index (χ3v) is 5.00. The Bertz CT molecular complexity index is 627. The molecule has 0 aromatic carbocycles. The average Bonchev–Trinajstić information content (AvgIpc) is 2.13. The molecule has 0 aliphatic heterocycles. The zero-order valence-corrected chi connectivity index (χ0v) is 11.4. The van der Waals surface area contributed by atoms with Crippen LogP contribution in [0.5, 0.6) is 0 Å². The molecule has 1 aromatic heterocycles. The molecule has 0 aliphatic rings. The van der Waals surface area contributed by atoms with E-state index >= 15 is 0 Å². The SMILES string of the molecule is NS(=O)(=O)CCS(=O)(=O)c1ncc(Cl)cc1Cl. The van der Waals surface area contributed by atoms with Crippen molar-refractivity contribution in [2.45, 2.75) is 5.03 Å². The van der Waals surface area contributed by atoms with Gasteiger partial charge in [0.1, 0.15) is 0 Å². The van der Waals surface area contributed by atoms with Gasteiger partial charge in [0.15, 0.2) is 14.9 Å². The van der Waals surface area contributed by atoms with Crippen molar-refractivity contribution >= 4 is 43.1 Å². The molecular formula is C7H8Cl2N2O4S2. The number of nitrogens with two attached hydrogens (primary N) is 1. The van der Waals surface area contributed by atoms with Gasteiger partial charge in [0.05, 0.1) is 21.6 Å². The number of nitrogens with zero attached hydrogens (tertiary/aromatic N) is 1. The molecule has 0 bridgehead atoms. The van der Waals surface area contributed by atoms with Crippen LogP contribution >= 0.6 is 23.2 Å². The molecule has 17 heavy (non-hydrogen) atoms. The van der Waals surface area contributed by atoms with E-state index in [1.165, 1.54) is 6.07 Å². The van der Waals surface area contributed by atoms with Crippen LogP contribution in [-0.2, 0) is 19.9 Å². The molecule has 96 valence electrons. The van der Waals surface area contributed by atoms with E-state index in [1.54, 1.807) is 0 Å². The largest absolute Gasteiger partial charge is 0.242 e. The van der Waals surface area contributed by atoms with Crippen LogP contribution in [0.2, 0.25) is 10.0 Å². The number of aromatic nitrogens is 1. The zero-order chi connectivity index (χ0) is 13.3. The number of sulfone groups is 1. The van der Waals surface area contributed by atoms with Crippen molar-refractivity contribution in [3.8, 4) is 0 Å². The van der Waals surface area contributed by atoms with E-state index in [-0.39, 0.29) is 10.0 Å². The molecule has 0 radical (unpaired) electrons. The van der Waals surface area contributed by atoms with Crippen LogP contribution in [0.1, 0.15) is 0 Å². The number of sulfonamides is 1. The van der Waals surface area contributed by atoms with Crippen molar-refractivity contribution in [3.63, 3.8) is 0 Å². The van der Waals surface area contributed by atoms with Gasteiger partial charge >= 0.3 is 0 Å². The van der Waals surface area contributed by atoms with Crippen molar-refractivity contribution in [2.24, 2.45) is 5.14 Å². The summed E-state index contributed by atoms with van der Waals surface area (Å²) in [5.74, 6) is -1.38. The standard InChI is InChI=1S/C7H8Cl2N2O4S2/c8-5-3-6(9)7(11-4-5)16(12,13)1-2-17(10,14)15/h3-4H,1-2H2,(H2,10,14,15). The third kappa shape index (κ3) is 4.40. The fraction of sp³-hybridized carbons (Fsp3) is 0.286. The maximum atomic E-state index is 11.7. The molecule has 0 aliphatic carbocycles. The van der Waals surface area contributed by atoms with E-state index in [0.717, 1.165) is 6.20 Å². The van der Waals surface area contributed by atoms with E-state index in [2.05, 4.69) is 4.98 Å². The molecule has 1 aromatic rings. The number of pyridine rings is 1. The van der Waals surface area contributed by atoms with Gasteiger partial charge in [0.25, 0.3) is 0 Å². The third-order valence-electron chi connectivity index (χ3n) is 1.71. The highest BCUT2D eigenvalue weighted by Gasteiger charge is 2.22. The number of hydrogen-bond donors (Lipinski definition) is 1. The maximum absolute atomic E-state index is 11.7. The molecule has 1 heterocycles. The summed E-state index contributed by atoms with van der Waals surface area (Å²) in [6, 6.07) is 1.21. The lowest BCUT2D eigenvalue weighted by Gasteiger charge is -2.04. The number of halogens is 2. The minimum absolute atomic E-state index is 0.160. The summed E-state index contributed by atoms with van der Waals surface area (Å²) in [4.78, 5) is 3.56. The van der Waals surface area contributed by atoms with E-state index in [4.69, 9.17) is 28.3 Å². The molecule has 0 saturated carbocycles. The minimum Gasteiger partial charge on any atom is -0.242 e. The van der Waals surface area contributed by atoms with Crippen molar-refractivity contribution in [1.82, 2.24) is 4.98 Å². The lowest BCUT2D eigenvalue weighted by Crippen LogP contribution is -2.23. The van der Waals surface area contributed by atoms with Gasteiger partial charge in [-0.2, -0.15) is 0 Å². The summed E-state index contributed by atoms with van der Waals surface area (Å²) >= 11 is 11.2. The van der Waals surface area contributed by atoms with Gasteiger partial charge in [-0.3, -0.25) is 0 Å². The van der Waals surface area contributed by atoms with Gasteiger partial charge in [-0.15, -0.1) is 0 Å². The summed E-state index contributed by atoms with van der Waals surface area (Å²) in [7, 11) is -7.76. The van der Waals surface area contributed by atoms with E-state index < -0.39 is 36.4 Å². The summed E-state index contributed by atoms with van der Waals surface area (Å²) in [5.41, 5.74) is 0. The van der Waals surface area contributed by atoms with Crippen molar-refractivity contribution in [2.75, 3.05) is 11.5 Å². The fourth-order valence-corrected chi connectivity index (χ4v) is 4.26. The molecule has 0 atom stereocenters. The van der Waals surface area contributed by atoms with Crippen molar-refractivity contribution in [3.05, 3.63) is 22.3 Å². The molecule has 0 spiro atoms. The summed E-state index contributed by atoms with van der Waals surface area (Å²) in [6.45, 7) is 0. The van der Waals surface area contributed by atoms with E-state index in [0.29, 0.717) is 0 Å². The molecule has 0 saturated heterocycles. The van der Waals surface area contributed by atoms with Gasteiger partial charge in [0, 0.05) is 6.20 Å². The van der Waals surface area contributed by atoms with Gasteiger partial charge in [-0.25, -0.2) is 27.0 Å². The van der Waals surface area contributed by atoms with Crippen LogP contribution in [0.15, 0.2) is 17.3 Å². The number of primary sulfonamides is 1. The Hall–Kier alpha value is -0.410. The van der Waals surface area contributed by atoms with Crippen molar-refractivity contribution in [1.29, 1.82) is 0 Å². The molecule has 0 fully saturated rings. The predicted molar refractivity (Wildman–Crippen MR) is 64.3 cm³/mol. The first-order valence-electron chi connectivity index (χ1n) is 4.16. The van der Waals surface area contributed by atoms with Crippen LogP contribution in [0.3, 0.4) is 0 Å². The maximum Gasteiger partial charge on any atom is 0.210 e. The van der Waals surface area contributed by atoms with Gasteiger partial charge in [-0.1, -0.05) is 23.2 Å². The molecule has 1 rings (SSSR count). The van der Waals surface area contributed by atoms with Gasteiger partial charge < -0.3 is 0 Å². The molecule has 0 unspecified atom stereocenters. The molecule has 6 nitrogen and oxygen atoms in total. The monoisotopic (exact) mass is 318 g/mol. The molecular weight excluding hydrogens is 311 g/mol. The highest BCUT2D eigenvalue weighted by Crippen LogP contribution is 2.23. The second kappa shape index (κ2) is 5.07. The Morgan fingerprint density at radius 2 is 1.76 bits per heavy atom. The lowest BCUT2D eigenvalue weighted by molar-refractivity contribution is 0.586. The van der Waals surface area contributed by atoms with Crippen molar-refractivity contribution < 1.29 is 16.8 Å². The average molecular weight is 319 g/mol. The Morgan fingerprint density at radius 3 is 2.24 bits per heavy atom. The topological polar surface area (TPSA) is 107 Å². The van der Waals surface area contributed by atoms with Gasteiger partial charge in [-0.05, 0) is 6.07 Å².